The number of aryl methyl sites for hydroxylation is 1. The molecule has 0 radical (unpaired) electrons. The van der Waals surface area contributed by atoms with Crippen LogP contribution in [0.1, 0.15) is 76.5 Å². The first-order valence-electron chi connectivity index (χ1n) is 13.1. The Bertz CT molecular complexity index is 1160. The molecule has 2 aromatic rings. The van der Waals surface area contributed by atoms with Crippen molar-refractivity contribution in [2.75, 3.05) is 5.32 Å². The third kappa shape index (κ3) is 6.65. The van der Waals surface area contributed by atoms with Crippen LogP contribution in [0, 0.1) is 17.7 Å². The predicted octanol–water partition coefficient (Wildman–Crippen LogP) is 5.31. The molecule has 1 saturated carbocycles. The summed E-state index contributed by atoms with van der Waals surface area (Å²) >= 11 is 0. The Balaban J connectivity index is 1.29. The van der Waals surface area contributed by atoms with E-state index >= 15 is 0 Å². The van der Waals surface area contributed by atoms with Gasteiger partial charge in [0.05, 0.1) is 10.9 Å². The van der Waals surface area contributed by atoms with Gasteiger partial charge in [0.15, 0.2) is 0 Å². The molecule has 8 heteroatoms. The Hall–Kier alpha value is -2.45. The molecule has 2 atom stereocenters. The van der Waals surface area contributed by atoms with Gasteiger partial charge in [-0.25, -0.2) is 17.5 Å². The highest BCUT2D eigenvalue weighted by atomic mass is 32.2. The number of amides is 1. The average molecular weight is 516 g/mol. The van der Waals surface area contributed by atoms with E-state index in [1.54, 1.807) is 24.3 Å². The maximum absolute atomic E-state index is 13.2. The van der Waals surface area contributed by atoms with Crippen LogP contribution < -0.4 is 15.4 Å². The van der Waals surface area contributed by atoms with Crippen molar-refractivity contribution < 1.29 is 17.6 Å². The number of carbonyl (C=O) groups excluding carboxylic acids is 1. The Kier molecular flexibility index (Phi) is 8.35. The van der Waals surface area contributed by atoms with Gasteiger partial charge in [-0.1, -0.05) is 26.0 Å². The summed E-state index contributed by atoms with van der Waals surface area (Å²) in [5.74, 6) is 0.126. The molecule has 1 heterocycles. The van der Waals surface area contributed by atoms with Crippen LogP contribution in [0.4, 0.5) is 10.1 Å². The molecule has 196 valence electrons. The van der Waals surface area contributed by atoms with E-state index in [-0.39, 0.29) is 29.7 Å². The Morgan fingerprint density at radius 3 is 2.39 bits per heavy atom. The van der Waals surface area contributed by atoms with E-state index in [1.165, 1.54) is 12.1 Å². The van der Waals surface area contributed by atoms with Crippen LogP contribution in [0.5, 0.6) is 0 Å². The molecule has 2 aromatic carbocycles. The first-order valence-corrected chi connectivity index (χ1v) is 14.6. The van der Waals surface area contributed by atoms with E-state index < -0.39 is 10.0 Å². The second-order valence-corrected chi connectivity index (χ2v) is 12.5. The lowest BCUT2D eigenvalue weighted by molar-refractivity contribution is -0.126. The molecule has 1 amide bonds. The predicted molar refractivity (Wildman–Crippen MR) is 141 cm³/mol. The van der Waals surface area contributed by atoms with Crippen molar-refractivity contribution in [2.24, 2.45) is 11.8 Å². The molecule has 1 aliphatic carbocycles. The van der Waals surface area contributed by atoms with Gasteiger partial charge in [0, 0.05) is 23.7 Å². The lowest BCUT2D eigenvalue weighted by Crippen LogP contribution is -2.41. The molecular weight excluding hydrogens is 477 g/mol. The number of hydrogen-bond acceptors (Lipinski definition) is 4. The Morgan fingerprint density at radius 2 is 1.72 bits per heavy atom. The summed E-state index contributed by atoms with van der Waals surface area (Å²) < 4.78 is 42.2. The van der Waals surface area contributed by atoms with Crippen LogP contribution in [-0.4, -0.2) is 26.4 Å². The largest absolute Gasteiger partial charge is 0.382 e. The number of fused-ring (bicyclic) bond motifs is 1. The number of carbonyl (C=O) groups is 1. The first kappa shape index (κ1) is 26.6. The van der Waals surface area contributed by atoms with Gasteiger partial charge < -0.3 is 10.6 Å². The molecule has 0 spiro atoms. The zero-order valence-corrected chi connectivity index (χ0v) is 22.2. The maximum atomic E-state index is 13.2. The van der Waals surface area contributed by atoms with Crippen molar-refractivity contribution in [3.05, 3.63) is 59.4 Å². The summed E-state index contributed by atoms with van der Waals surface area (Å²) in [6, 6.07) is 11.5. The quantitative estimate of drug-likeness (QED) is 0.445. The van der Waals surface area contributed by atoms with Gasteiger partial charge in [-0.15, -0.1) is 0 Å². The number of sulfonamides is 1. The summed E-state index contributed by atoms with van der Waals surface area (Å²) in [6.45, 7) is 6.31. The molecule has 1 aliphatic heterocycles. The smallest absolute Gasteiger partial charge is 0.240 e. The number of rotatable bonds is 8. The van der Waals surface area contributed by atoms with Crippen LogP contribution in [-0.2, 0) is 21.2 Å². The van der Waals surface area contributed by atoms with Crippen molar-refractivity contribution in [1.82, 2.24) is 10.0 Å². The third-order valence-corrected chi connectivity index (χ3v) is 8.93. The molecule has 3 N–H and O–H groups in total. The minimum absolute atomic E-state index is 0.0360. The fraction of sp³-hybridized carbons (Fsp3) is 0.536. The van der Waals surface area contributed by atoms with Gasteiger partial charge in [-0.2, -0.15) is 0 Å². The molecule has 6 nitrogen and oxygen atoms in total. The van der Waals surface area contributed by atoms with Gasteiger partial charge in [0.2, 0.25) is 15.9 Å². The van der Waals surface area contributed by atoms with Crippen LogP contribution in [0.25, 0.3) is 0 Å². The van der Waals surface area contributed by atoms with E-state index in [1.807, 2.05) is 13.0 Å². The lowest BCUT2D eigenvalue weighted by Gasteiger charge is -2.30. The fourth-order valence-corrected chi connectivity index (χ4v) is 6.73. The molecule has 2 aliphatic rings. The van der Waals surface area contributed by atoms with Gasteiger partial charge in [0.1, 0.15) is 5.82 Å². The molecule has 1 fully saturated rings. The Morgan fingerprint density at radius 1 is 1.03 bits per heavy atom. The van der Waals surface area contributed by atoms with Crippen molar-refractivity contribution in [3.63, 3.8) is 0 Å². The Labute approximate surface area is 214 Å². The number of nitrogens with one attached hydrogen (secondary N) is 3. The number of anilines is 1. The molecule has 0 bridgehead atoms. The fourth-order valence-electron chi connectivity index (χ4n) is 5.38. The summed E-state index contributed by atoms with van der Waals surface area (Å²) in [6.07, 6.45) is 5.47. The number of benzene rings is 2. The zero-order chi connectivity index (χ0) is 25.9. The van der Waals surface area contributed by atoms with E-state index in [9.17, 15) is 17.6 Å². The summed E-state index contributed by atoms with van der Waals surface area (Å²) in [7, 11) is -3.63. The standard InChI is InChI=1S/C28H38FN3O3S/c1-18(2)16-25-13-8-22-17-26(14-15-27(22)31-25)36(34,35)32-24-11-6-21(7-12-24)28(33)30-19(3)20-4-9-23(29)10-5-20/h4-5,9-10,14-15,17-19,21,24-25,31-32H,6-8,11-13,16H2,1-3H3,(H,30,33)/t19-,21-,24-,25?/m1/s1. The highest BCUT2D eigenvalue weighted by molar-refractivity contribution is 7.89. The van der Waals surface area contributed by atoms with Gasteiger partial charge in [-0.3, -0.25) is 4.79 Å². The monoisotopic (exact) mass is 515 g/mol. The molecule has 36 heavy (non-hydrogen) atoms. The molecular formula is C28H38FN3O3S. The highest BCUT2D eigenvalue weighted by Gasteiger charge is 2.30. The SMILES string of the molecule is CC(C)CC1CCc2cc(S(=O)(=O)N[C@H]3CC[C@H](C(=O)N[C@H](C)c4ccc(F)cc4)CC3)ccc2N1. The summed E-state index contributed by atoms with van der Waals surface area (Å²) in [5, 5.41) is 6.57. The van der Waals surface area contributed by atoms with Crippen LogP contribution in [0.15, 0.2) is 47.4 Å². The minimum Gasteiger partial charge on any atom is -0.382 e. The third-order valence-electron chi connectivity index (χ3n) is 7.41. The normalized spacial score (nSPS) is 23.0. The maximum Gasteiger partial charge on any atom is 0.240 e. The molecule has 0 aromatic heterocycles. The average Bonchev–Trinajstić information content (AvgIpc) is 2.84. The zero-order valence-electron chi connectivity index (χ0n) is 21.4. The minimum atomic E-state index is -3.63. The first-order chi connectivity index (χ1) is 17.1. The van der Waals surface area contributed by atoms with Gasteiger partial charge >= 0.3 is 0 Å². The second-order valence-electron chi connectivity index (χ2n) is 10.8. The van der Waals surface area contributed by atoms with Crippen LogP contribution in [0.3, 0.4) is 0 Å². The number of halogens is 1. The van der Waals surface area contributed by atoms with Crippen LogP contribution >= 0.6 is 0 Å². The summed E-state index contributed by atoms with van der Waals surface area (Å²) in [5.41, 5.74) is 2.93. The van der Waals surface area contributed by atoms with Crippen molar-refractivity contribution in [3.8, 4) is 0 Å². The van der Waals surface area contributed by atoms with E-state index in [2.05, 4.69) is 29.2 Å². The molecule has 1 unspecified atom stereocenters. The topological polar surface area (TPSA) is 87.3 Å². The van der Waals surface area contributed by atoms with Gasteiger partial charge in [0.25, 0.3) is 0 Å². The molecule has 0 saturated heterocycles. The summed E-state index contributed by atoms with van der Waals surface area (Å²) in [4.78, 5) is 13.1. The molecule has 4 rings (SSSR count). The van der Waals surface area contributed by atoms with Crippen molar-refractivity contribution in [1.29, 1.82) is 0 Å². The lowest BCUT2D eigenvalue weighted by atomic mass is 9.85. The second kappa shape index (κ2) is 11.3. The van der Waals surface area contributed by atoms with Crippen molar-refractivity contribution in [2.45, 2.75) is 88.7 Å². The number of hydrogen-bond donors (Lipinski definition) is 3. The van der Waals surface area contributed by atoms with E-state index in [4.69, 9.17) is 0 Å². The van der Waals surface area contributed by atoms with Crippen LogP contribution in [0.2, 0.25) is 0 Å². The van der Waals surface area contributed by atoms with Crippen molar-refractivity contribution >= 4 is 21.6 Å². The van der Waals surface area contributed by atoms with E-state index in [0.29, 0.717) is 42.5 Å². The van der Waals surface area contributed by atoms with Gasteiger partial charge in [-0.05, 0) is 99.2 Å². The van der Waals surface area contributed by atoms with E-state index in [0.717, 1.165) is 36.1 Å². The highest BCUT2D eigenvalue weighted by Crippen LogP contribution is 2.31.